The topological polar surface area (TPSA) is 97.8 Å². The standard InChI is InChI=1S/C25H28N6O3/c1-16-4-6-20(24-27-18(3)34-29-24)12-21(16)28-25(32)22-13-26-23-7-5-19(14-31(22)23)8-9-30-10-11-33-15-17(30)2/h4-7,12-14,17H,8-11,15H2,1-3H3,(H,28,32). The van der Waals surface area contributed by atoms with Crippen molar-refractivity contribution in [3.63, 3.8) is 0 Å². The summed E-state index contributed by atoms with van der Waals surface area (Å²) in [5, 5.41) is 6.99. The molecular formula is C25H28N6O3. The number of pyridine rings is 1. The first-order valence-electron chi connectivity index (χ1n) is 11.5. The van der Waals surface area contributed by atoms with Crippen LogP contribution in [0.1, 0.15) is 34.4 Å². The fourth-order valence-electron chi connectivity index (χ4n) is 4.21. The zero-order chi connectivity index (χ0) is 23.7. The smallest absolute Gasteiger partial charge is 0.274 e. The Hall–Kier alpha value is -3.56. The number of hydrogen-bond donors (Lipinski definition) is 1. The van der Waals surface area contributed by atoms with Crippen molar-refractivity contribution < 1.29 is 14.1 Å². The van der Waals surface area contributed by atoms with E-state index in [2.05, 4.69) is 38.3 Å². The Kier molecular flexibility index (Phi) is 6.12. The lowest BCUT2D eigenvalue weighted by Crippen LogP contribution is -2.44. The van der Waals surface area contributed by atoms with Crippen LogP contribution in [0.2, 0.25) is 0 Å². The van der Waals surface area contributed by atoms with Gasteiger partial charge in [-0.25, -0.2) is 4.98 Å². The van der Waals surface area contributed by atoms with Crippen molar-refractivity contribution in [2.24, 2.45) is 0 Å². The van der Waals surface area contributed by atoms with Crippen LogP contribution >= 0.6 is 0 Å². The first-order valence-corrected chi connectivity index (χ1v) is 11.5. The lowest BCUT2D eigenvalue weighted by Gasteiger charge is -2.33. The number of hydrogen-bond acceptors (Lipinski definition) is 7. The van der Waals surface area contributed by atoms with Crippen molar-refractivity contribution in [1.29, 1.82) is 0 Å². The van der Waals surface area contributed by atoms with Crippen LogP contribution in [-0.2, 0) is 11.2 Å². The van der Waals surface area contributed by atoms with Crippen LogP contribution in [0.4, 0.5) is 5.69 Å². The van der Waals surface area contributed by atoms with Gasteiger partial charge in [-0.05, 0) is 43.5 Å². The number of aromatic nitrogens is 4. The molecule has 1 N–H and O–H groups in total. The van der Waals surface area contributed by atoms with Crippen molar-refractivity contribution in [2.45, 2.75) is 33.2 Å². The third-order valence-corrected chi connectivity index (χ3v) is 6.26. The highest BCUT2D eigenvalue weighted by Gasteiger charge is 2.19. The zero-order valence-electron chi connectivity index (χ0n) is 19.6. The zero-order valence-corrected chi connectivity index (χ0v) is 19.6. The molecule has 1 fully saturated rings. The van der Waals surface area contributed by atoms with Gasteiger partial charge in [0.1, 0.15) is 11.3 Å². The van der Waals surface area contributed by atoms with Crippen molar-refractivity contribution in [3.8, 4) is 11.4 Å². The second kappa shape index (κ2) is 9.36. The molecule has 0 radical (unpaired) electrons. The molecule has 0 aliphatic carbocycles. The first kappa shape index (κ1) is 22.2. The fraction of sp³-hybridized carbons (Fsp3) is 0.360. The third-order valence-electron chi connectivity index (χ3n) is 6.26. The van der Waals surface area contributed by atoms with E-state index in [0.29, 0.717) is 29.1 Å². The number of imidazole rings is 1. The van der Waals surface area contributed by atoms with Crippen molar-refractivity contribution in [1.82, 2.24) is 24.4 Å². The number of nitrogens with zero attached hydrogens (tertiary/aromatic N) is 5. The normalized spacial score (nSPS) is 16.7. The number of ether oxygens (including phenoxy) is 1. The molecule has 1 aliphatic heterocycles. The molecule has 0 spiro atoms. The predicted molar refractivity (Wildman–Crippen MR) is 128 cm³/mol. The Bertz CT molecular complexity index is 1330. The van der Waals surface area contributed by atoms with Gasteiger partial charge in [0, 0.05) is 43.5 Å². The molecule has 4 heterocycles. The van der Waals surface area contributed by atoms with Crippen LogP contribution < -0.4 is 5.32 Å². The van der Waals surface area contributed by atoms with Crippen LogP contribution in [0.15, 0.2) is 47.2 Å². The van der Waals surface area contributed by atoms with Gasteiger partial charge < -0.3 is 14.6 Å². The number of rotatable bonds is 6. The second-order valence-electron chi connectivity index (χ2n) is 8.74. The Labute approximate surface area is 197 Å². The van der Waals surface area contributed by atoms with E-state index in [4.69, 9.17) is 9.26 Å². The van der Waals surface area contributed by atoms with E-state index >= 15 is 0 Å². The Morgan fingerprint density at radius 1 is 1.24 bits per heavy atom. The minimum absolute atomic E-state index is 0.226. The number of fused-ring (bicyclic) bond motifs is 1. The predicted octanol–water partition coefficient (Wildman–Crippen LogP) is 3.52. The van der Waals surface area contributed by atoms with Gasteiger partial charge >= 0.3 is 0 Å². The molecular weight excluding hydrogens is 432 g/mol. The average Bonchev–Trinajstić information content (AvgIpc) is 3.46. The van der Waals surface area contributed by atoms with E-state index < -0.39 is 0 Å². The molecule has 34 heavy (non-hydrogen) atoms. The van der Waals surface area contributed by atoms with Gasteiger partial charge in [0.2, 0.25) is 11.7 Å². The van der Waals surface area contributed by atoms with Gasteiger partial charge in [0.25, 0.3) is 5.91 Å². The summed E-state index contributed by atoms with van der Waals surface area (Å²) in [6, 6.07) is 10.1. The molecule has 5 rings (SSSR count). The highest BCUT2D eigenvalue weighted by molar-refractivity contribution is 6.04. The summed E-state index contributed by atoms with van der Waals surface area (Å²) in [4.78, 5) is 24.3. The molecule has 9 heteroatoms. The van der Waals surface area contributed by atoms with Gasteiger partial charge in [-0.2, -0.15) is 4.98 Å². The van der Waals surface area contributed by atoms with Gasteiger partial charge in [0.05, 0.1) is 19.4 Å². The van der Waals surface area contributed by atoms with E-state index in [-0.39, 0.29) is 5.91 Å². The summed E-state index contributed by atoms with van der Waals surface area (Å²) in [5.41, 5.74) is 4.78. The number of benzene rings is 1. The van der Waals surface area contributed by atoms with E-state index in [9.17, 15) is 4.79 Å². The molecule has 1 atom stereocenters. The molecule has 1 unspecified atom stereocenters. The molecule has 1 saturated heterocycles. The number of carbonyl (C=O) groups is 1. The van der Waals surface area contributed by atoms with Gasteiger partial charge in [0.15, 0.2) is 0 Å². The summed E-state index contributed by atoms with van der Waals surface area (Å²) in [5.74, 6) is 0.754. The Balaban J connectivity index is 1.35. The minimum atomic E-state index is -0.226. The molecule has 1 aromatic carbocycles. The summed E-state index contributed by atoms with van der Waals surface area (Å²) in [6.45, 7) is 9.34. The fourth-order valence-corrected chi connectivity index (χ4v) is 4.21. The van der Waals surface area contributed by atoms with Crippen molar-refractivity contribution in [3.05, 3.63) is 65.4 Å². The van der Waals surface area contributed by atoms with Crippen LogP contribution in [0.25, 0.3) is 17.0 Å². The third kappa shape index (κ3) is 4.57. The quantitative estimate of drug-likeness (QED) is 0.470. The van der Waals surface area contributed by atoms with Crippen LogP contribution in [0.3, 0.4) is 0 Å². The molecule has 1 amide bonds. The number of anilines is 1. The van der Waals surface area contributed by atoms with E-state index in [1.807, 2.05) is 41.8 Å². The van der Waals surface area contributed by atoms with Crippen LogP contribution in [0, 0.1) is 13.8 Å². The maximum atomic E-state index is 13.2. The maximum absolute atomic E-state index is 13.2. The molecule has 176 valence electrons. The van der Waals surface area contributed by atoms with Gasteiger partial charge in [-0.15, -0.1) is 0 Å². The van der Waals surface area contributed by atoms with Crippen molar-refractivity contribution >= 4 is 17.2 Å². The largest absolute Gasteiger partial charge is 0.379 e. The number of carbonyl (C=O) groups excluding carboxylic acids is 1. The van der Waals surface area contributed by atoms with Gasteiger partial charge in [-0.3, -0.25) is 14.1 Å². The number of aryl methyl sites for hydroxylation is 2. The summed E-state index contributed by atoms with van der Waals surface area (Å²) >= 11 is 0. The Morgan fingerprint density at radius 2 is 2.12 bits per heavy atom. The maximum Gasteiger partial charge on any atom is 0.274 e. The van der Waals surface area contributed by atoms with Crippen molar-refractivity contribution in [2.75, 3.05) is 31.6 Å². The van der Waals surface area contributed by atoms with Crippen LogP contribution in [0.5, 0.6) is 0 Å². The van der Waals surface area contributed by atoms with E-state index in [0.717, 1.165) is 55.1 Å². The summed E-state index contributed by atoms with van der Waals surface area (Å²) < 4.78 is 12.5. The summed E-state index contributed by atoms with van der Waals surface area (Å²) in [6.07, 6.45) is 4.51. The molecule has 0 saturated carbocycles. The molecule has 9 nitrogen and oxygen atoms in total. The Morgan fingerprint density at radius 3 is 2.91 bits per heavy atom. The monoisotopic (exact) mass is 460 g/mol. The lowest BCUT2D eigenvalue weighted by molar-refractivity contribution is 0.000354. The number of nitrogens with one attached hydrogen (secondary N) is 1. The highest BCUT2D eigenvalue weighted by Crippen LogP contribution is 2.24. The minimum Gasteiger partial charge on any atom is -0.379 e. The molecule has 0 bridgehead atoms. The molecule has 3 aromatic heterocycles. The van der Waals surface area contributed by atoms with Gasteiger partial charge in [-0.1, -0.05) is 23.4 Å². The highest BCUT2D eigenvalue weighted by atomic mass is 16.5. The van der Waals surface area contributed by atoms with E-state index in [1.54, 1.807) is 13.1 Å². The number of morpholine rings is 1. The average molecular weight is 461 g/mol. The molecule has 1 aliphatic rings. The van der Waals surface area contributed by atoms with Crippen LogP contribution in [-0.4, -0.2) is 62.7 Å². The van der Waals surface area contributed by atoms with E-state index in [1.165, 1.54) is 0 Å². The SMILES string of the molecule is Cc1nc(-c2ccc(C)c(NC(=O)c3cnc4ccc(CCN5CCOCC5C)cn34)c2)no1. The number of amides is 1. The second-order valence-corrected chi connectivity index (χ2v) is 8.74. The molecule has 4 aromatic rings. The summed E-state index contributed by atoms with van der Waals surface area (Å²) in [7, 11) is 0. The lowest BCUT2D eigenvalue weighted by atomic mass is 10.1. The first-order chi connectivity index (χ1) is 16.5.